The molecule has 37 heavy (non-hydrogen) atoms. The van der Waals surface area contributed by atoms with Crippen molar-refractivity contribution in [1.29, 1.82) is 0 Å². The summed E-state index contributed by atoms with van der Waals surface area (Å²) in [6.45, 7) is 5.22. The Balaban J connectivity index is 1.60. The first-order chi connectivity index (χ1) is 17.7. The summed E-state index contributed by atoms with van der Waals surface area (Å²) in [5, 5.41) is 9.63. The maximum Gasteiger partial charge on any atom is 0.266 e. The molecule has 1 unspecified atom stereocenters. The van der Waals surface area contributed by atoms with E-state index in [9.17, 15) is 9.90 Å². The van der Waals surface area contributed by atoms with E-state index in [0.29, 0.717) is 40.6 Å². The number of aliphatic hydroxyl groups is 1. The van der Waals surface area contributed by atoms with Crippen LogP contribution in [-0.4, -0.2) is 39.2 Å². The molecule has 6 nitrogen and oxygen atoms in total. The van der Waals surface area contributed by atoms with Crippen molar-refractivity contribution in [2.75, 3.05) is 18.6 Å². The first-order valence-electron chi connectivity index (χ1n) is 12.6. The Morgan fingerprint density at radius 1 is 1.05 bits per heavy atom. The van der Waals surface area contributed by atoms with Crippen molar-refractivity contribution in [3.63, 3.8) is 0 Å². The number of methoxy groups -OCH3 is 1. The van der Waals surface area contributed by atoms with Crippen molar-refractivity contribution in [2.24, 2.45) is 5.92 Å². The minimum atomic E-state index is -3.13. The van der Waals surface area contributed by atoms with Gasteiger partial charge in [0, 0.05) is 30.7 Å². The molecule has 4 atom stereocenters. The number of hydrogen-bond acceptors (Lipinski definition) is 5. The van der Waals surface area contributed by atoms with Gasteiger partial charge in [-0.15, -0.1) is 0 Å². The normalized spacial score (nSPS) is 21.6. The number of ether oxygens (including phenoxy) is 3. The highest BCUT2D eigenvalue weighted by atomic mass is 28.4. The third kappa shape index (κ3) is 4.54. The second-order valence-corrected chi connectivity index (χ2v) is 14.1. The van der Waals surface area contributed by atoms with Crippen molar-refractivity contribution in [2.45, 2.75) is 44.2 Å². The van der Waals surface area contributed by atoms with E-state index in [-0.39, 0.29) is 30.1 Å². The Kier molecular flexibility index (Phi) is 6.83. The Morgan fingerprint density at radius 2 is 1.76 bits per heavy atom. The number of hydrogen-bond donors (Lipinski definition) is 1. The number of halogens is 1. The third-order valence-electron chi connectivity index (χ3n) is 7.44. The Morgan fingerprint density at radius 3 is 2.46 bits per heavy atom. The molecule has 1 amide bonds. The van der Waals surface area contributed by atoms with Crippen LogP contribution in [0.2, 0.25) is 18.6 Å². The lowest BCUT2D eigenvalue weighted by Gasteiger charge is -2.43. The van der Waals surface area contributed by atoms with Crippen LogP contribution in [0.4, 0.5) is 15.5 Å². The zero-order valence-electron chi connectivity index (χ0n) is 21.5. The standard InChI is InChI=1S/C29H32FNO5Si/c1-18-27(34-2)21-17-19(13-14-24(21)36-28(18)26(15-16-32)37(3,4)30)31-22-10-6-8-12-25(22)35-23-11-7-5-9-20(23)29(31)33/h5-14,17-18,26-28,32H,15-16H2,1-4H3/t18-,26?,27-,28-/m0/s1. The molecule has 0 saturated carbocycles. The smallest absolute Gasteiger partial charge is 0.266 e. The van der Waals surface area contributed by atoms with Crippen molar-refractivity contribution >= 4 is 25.7 Å². The van der Waals surface area contributed by atoms with Gasteiger partial charge in [-0.2, -0.15) is 0 Å². The predicted octanol–water partition coefficient (Wildman–Crippen LogP) is 6.78. The lowest BCUT2D eigenvalue weighted by atomic mass is 9.86. The molecule has 0 aromatic heterocycles. The second-order valence-electron chi connectivity index (χ2n) is 10.2. The molecule has 0 saturated heterocycles. The van der Waals surface area contributed by atoms with Gasteiger partial charge in [-0.25, -0.2) is 0 Å². The number of carbonyl (C=O) groups is 1. The lowest BCUT2D eigenvalue weighted by molar-refractivity contribution is -0.0250. The van der Waals surface area contributed by atoms with Crippen LogP contribution in [0.1, 0.15) is 35.4 Å². The fourth-order valence-corrected chi connectivity index (χ4v) is 7.58. The van der Waals surface area contributed by atoms with Crippen LogP contribution in [0.3, 0.4) is 0 Å². The number of fused-ring (bicyclic) bond motifs is 3. The van der Waals surface area contributed by atoms with E-state index in [2.05, 4.69) is 0 Å². The number of amides is 1. The minimum Gasteiger partial charge on any atom is -0.490 e. The Labute approximate surface area is 217 Å². The SMILES string of the molecule is CO[C@@H]1c2cc(N3C(=O)c4ccccc4Oc4ccccc43)ccc2O[C@H](C(CCO)[Si](C)(C)F)[C@H]1C. The molecule has 5 rings (SSSR count). The maximum absolute atomic E-state index is 15.3. The minimum absolute atomic E-state index is 0.0962. The summed E-state index contributed by atoms with van der Waals surface area (Å²) in [6, 6.07) is 20.2. The quantitative estimate of drug-likeness (QED) is 0.286. The first kappa shape index (κ1) is 25.4. The molecule has 0 fully saturated rings. The van der Waals surface area contributed by atoms with E-state index in [4.69, 9.17) is 14.2 Å². The summed E-state index contributed by atoms with van der Waals surface area (Å²) in [7, 11) is -1.50. The van der Waals surface area contributed by atoms with Crippen LogP contribution in [0.15, 0.2) is 66.7 Å². The van der Waals surface area contributed by atoms with Gasteiger partial charge in [0.2, 0.25) is 8.41 Å². The van der Waals surface area contributed by atoms with Gasteiger partial charge in [-0.3, -0.25) is 9.69 Å². The van der Waals surface area contributed by atoms with Crippen LogP contribution in [0.5, 0.6) is 17.2 Å². The molecule has 2 heterocycles. The molecule has 3 aromatic carbocycles. The Bertz CT molecular complexity index is 1310. The highest BCUT2D eigenvalue weighted by molar-refractivity contribution is 6.72. The second kappa shape index (κ2) is 9.93. The summed E-state index contributed by atoms with van der Waals surface area (Å²) in [4.78, 5) is 15.5. The van der Waals surface area contributed by atoms with Gasteiger partial charge in [-0.1, -0.05) is 31.2 Å². The molecular weight excluding hydrogens is 489 g/mol. The number of benzene rings is 3. The molecule has 1 N–H and O–H groups in total. The molecule has 0 aliphatic carbocycles. The van der Waals surface area contributed by atoms with Gasteiger partial charge in [-0.05, 0) is 62.0 Å². The van der Waals surface area contributed by atoms with Crippen LogP contribution in [0, 0.1) is 5.92 Å². The van der Waals surface area contributed by atoms with Gasteiger partial charge < -0.3 is 23.4 Å². The monoisotopic (exact) mass is 521 g/mol. The molecule has 0 bridgehead atoms. The maximum atomic E-state index is 15.3. The van der Waals surface area contributed by atoms with Crippen LogP contribution >= 0.6 is 0 Å². The molecule has 2 aliphatic rings. The fraction of sp³-hybridized carbons (Fsp3) is 0.345. The van der Waals surface area contributed by atoms with Crippen molar-refractivity contribution in [3.8, 4) is 17.2 Å². The van der Waals surface area contributed by atoms with E-state index < -0.39 is 14.5 Å². The molecule has 3 aromatic rings. The van der Waals surface area contributed by atoms with Crippen LogP contribution in [-0.2, 0) is 4.74 Å². The first-order valence-corrected chi connectivity index (χ1v) is 15.5. The van der Waals surface area contributed by atoms with Gasteiger partial charge in [0.05, 0.1) is 23.0 Å². The zero-order valence-corrected chi connectivity index (χ0v) is 22.5. The average molecular weight is 522 g/mol. The summed E-state index contributed by atoms with van der Waals surface area (Å²) in [5.41, 5.74) is 2.17. The molecule has 2 aliphatic heterocycles. The number of aliphatic hydroxyl groups excluding tert-OH is 1. The van der Waals surface area contributed by atoms with E-state index in [1.165, 1.54) is 0 Å². The average Bonchev–Trinajstić information content (AvgIpc) is 3.00. The Hall–Kier alpha value is -3.20. The van der Waals surface area contributed by atoms with Gasteiger partial charge >= 0.3 is 0 Å². The fourth-order valence-electron chi connectivity index (χ4n) is 5.61. The number of anilines is 2. The summed E-state index contributed by atoms with van der Waals surface area (Å²) in [6.07, 6.45) is -0.456. The number of para-hydroxylation sites is 3. The predicted molar refractivity (Wildman–Crippen MR) is 143 cm³/mol. The van der Waals surface area contributed by atoms with Gasteiger partial charge in [0.1, 0.15) is 17.6 Å². The highest BCUT2D eigenvalue weighted by Gasteiger charge is 2.47. The molecular formula is C29H32FNO5Si. The largest absolute Gasteiger partial charge is 0.490 e. The number of nitrogens with zero attached hydrogens (tertiary/aromatic N) is 1. The van der Waals surface area contributed by atoms with E-state index >= 15 is 4.11 Å². The van der Waals surface area contributed by atoms with E-state index in [1.54, 1.807) is 37.2 Å². The van der Waals surface area contributed by atoms with Gasteiger partial charge in [0.25, 0.3) is 5.91 Å². The molecule has 0 spiro atoms. The molecule has 8 heteroatoms. The van der Waals surface area contributed by atoms with Gasteiger partial charge in [0.15, 0.2) is 5.75 Å². The van der Waals surface area contributed by atoms with Crippen LogP contribution in [0.25, 0.3) is 0 Å². The van der Waals surface area contributed by atoms with Crippen molar-refractivity contribution in [1.82, 2.24) is 0 Å². The number of carbonyl (C=O) groups excluding carboxylic acids is 1. The summed E-state index contributed by atoms with van der Waals surface area (Å²) < 4.78 is 33.8. The topological polar surface area (TPSA) is 68.2 Å². The number of rotatable bonds is 6. The summed E-state index contributed by atoms with van der Waals surface area (Å²) in [5.74, 6) is 1.32. The van der Waals surface area contributed by atoms with Crippen molar-refractivity contribution in [3.05, 3.63) is 77.9 Å². The molecule has 0 radical (unpaired) electrons. The van der Waals surface area contributed by atoms with Crippen molar-refractivity contribution < 1.29 is 28.2 Å². The van der Waals surface area contributed by atoms with Crippen LogP contribution < -0.4 is 14.4 Å². The summed E-state index contributed by atoms with van der Waals surface area (Å²) >= 11 is 0. The third-order valence-corrected chi connectivity index (χ3v) is 9.82. The van der Waals surface area contributed by atoms with E-state index in [0.717, 1.165) is 5.56 Å². The lowest BCUT2D eigenvalue weighted by Crippen LogP contribution is -2.46. The van der Waals surface area contributed by atoms with E-state index in [1.807, 2.05) is 61.5 Å². The zero-order chi connectivity index (χ0) is 26.3. The highest BCUT2D eigenvalue weighted by Crippen LogP contribution is 2.49. The molecule has 194 valence electrons.